The van der Waals surface area contributed by atoms with Gasteiger partial charge in [0.15, 0.2) is 0 Å². The molecule has 0 aliphatic heterocycles. The Hall–Kier alpha value is -2.49. The van der Waals surface area contributed by atoms with Crippen LogP contribution in [0.4, 0.5) is 4.39 Å². The van der Waals surface area contributed by atoms with Gasteiger partial charge < -0.3 is 4.57 Å². The number of hydrogen-bond donors (Lipinski definition) is 0. The second kappa shape index (κ2) is 4.41. The molecule has 0 saturated heterocycles. The highest BCUT2D eigenvalue weighted by molar-refractivity contribution is 5.66. The molecule has 2 heterocycles. The number of halogens is 1. The van der Waals surface area contributed by atoms with Gasteiger partial charge in [-0.1, -0.05) is 0 Å². The van der Waals surface area contributed by atoms with E-state index in [0.29, 0.717) is 5.56 Å². The average Bonchev–Trinajstić information content (AvgIpc) is 2.94. The van der Waals surface area contributed by atoms with Gasteiger partial charge in [-0.3, -0.25) is 4.98 Å². The molecule has 1 aromatic carbocycles. The highest BCUT2D eigenvalue weighted by Gasteiger charge is 2.06. The second-order valence-electron chi connectivity index (χ2n) is 3.87. The number of pyridine rings is 1. The Balaban J connectivity index is 2.13. The first-order chi connectivity index (χ1) is 8.84. The van der Waals surface area contributed by atoms with Gasteiger partial charge in [0.1, 0.15) is 5.82 Å². The lowest BCUT2D eigenvalue weighted by molar-refractivity contribution is 0.631. The molecule has 0 unspecified atom stereocenters. The minimum atomic E-state index is -0.245. The Kier molecular flexibility index (Phi) is 2.61. The van der Waals surface area contributed by atoms with Gasteiger partial charge in [-0.05, 0) is 35.9 Å². The van der Waals surface area contributed by atoms with Crippen molar-refractivity contribution in [1.29, 1.82) is 0 Å². The summed E-state index contributed by atoms with van der Waals surface area (Å²) in [5.74, 6) is -0.245. The highest BCUT2D eigenvalue weighted by Crippen LogP contribution is 2.24. The van der Waals surface area contributed by atoms with E-state index in [9.17, 15) is 4.39 Å². The van der Waals surface area contributed by atoms with Crippen LogP contribution in [0.25, 0.3) is 16.8 Å². The van der Waals surface area contributed by atoms with Crippen molar-refractivity contribution in [3.8, 4) is 16.8 Å². The number of aromatic nitrogens is 3. The Bertz CT molecular complexity index is 648. The van der Waals surface area contributed by atoms with Gasteiger partial charge in [-0.25, -0.2) is 9.37 Å². The zero-order valence-corrected chi connectivity index (χ0v) is 9.49. The van der Waals surface area contributed by atoms with Crippen molar-refractivity contribution >= 4 is 0 Å². The lowest BCUT2D eigenvalue weighted by Crippen LogP contribution is -1.93. The van der Waals surface area contributed by atoms with Crippen LogP contribution in [-0.2, 0) is 0 Å². The molecule has 4 heteroatoms. The largest absolute Gasteiger partial charge is 0.306 e. The van der Waals surface area contributed by atoms with Crippen LogP contribution in [0.1, 0.15) is 0 Å². The molecular weight excluding hydrogens is 229 g/mol. The summed E-state index contributed by atoms with van der Waals surface area (Å²) in [6, 6.07) is 8.56. The number of benzene rings is 1. The zero-order chi connectivity index (χ0) is 12.4. The Morgan fingerprint density at radius 2 is 1.78 bits per heavy atom. The second-order valence-corrected chi connectivity index (χ2v) is 3.87. The molecule has 3 aromatic rings. The van der Waals surface area contributed by atoms with Crippen molar-refractivity contribution in [2.75, 3.05) is 0 Å². The molecule has 0 amide bonds. The monoisotopic (exact) mass is 239 g/mol. The first kappa shape index (κ1) is 10.7. The van der Waals surface area contributed by atoms with E-state index in [1.54, 1.807) is 49.2 Å². The SMILES string of the molecule is Fc1ccc(-n2ccnc2)cc1-c1ccncc1. The maximum atomic E-state index is 13.9. The van der Waals surface area contributed by atoms with Crippen LogP contribution in [-0.4, -0.2) is 14.5 Å². The smallest absolute Gasteiger partial charge is 0.131 e. The molecule has 0 spiro atoms. The summed E-state index contributed by atoms with van der Waals surface area (Å²) in [4.78, 5) is 7.92. The number of imidazole rings is 1. The van der Waals surface area contributed by atoms with Gasteiger partial charge in [-0.2, -0.15) is 0 Å². The van der Waals surface area contributed by atoms with E-state index in [1.165, 1.54) is 6.07 Å². The van der Waals surface area contributed by atoms with Crippen molar-refractivity contribution in [1.82, 2.24) is 14.5 Å². The molecule has 0 bridgehead atoms. The van der Waals surface area contributed by atoms with Crippen LogP contribution in [0.5, 0.6) is 0 Å². The lowest BCUT2D eigenvalue weighted by Gasteiger charge is -2.07. The summed E-state index contributed by atoms with van der Waals surface area (Å²) >= 11 is 0. The molecule has 0 aliphatic carbocycles. The normalized spacial score (nSPS) is 10.5. The summed E-state index contributed by atoms with van der Waals surface area (Å²) in [6.45, 7) is 0. The zero-order valence-electron chi connectivity index (χ0n) is 9.49. The van der Waals surface area contributed by atoms with Crippen molar-refractivity contribution in [3.63, 3.8) is 0 Å². The van der Waals surface area contributed by atoms with E-state index < -0.39 is 0 Å². The first-order valence-electron chi connectivity index (χ1n) is 5.53. The van der Waals surface area contributed by atoms with Crippen molar-refractivity contribution in [2.45, 2.75) is 0 Å². The third-order valence-corrected chi connectivity index (χ3v) is 2.74. The van der Waals surface area contributed by atoms with E-state index >= 15 is 0 Å². The number of hydrogen-bond acceptors (Lipinski definition) is 2. The summed E-state index contributed by atoms with van der Waals surface area (Å²) < 4.78 is 15.7. The molecule has 0 radical (unpaired) electrons. The van der Waals surface area contributed by atoms with Crippen LogP contribution in [0.3, 0.4) is 0 Å². The summed E-state index contributed by atoms with van der Waals surface area (Å²) in [5, 5.41) is 0. The van der Waals surface area contributed by atoms with E-state index in [1.807, 2.05) is 10.8 Å². The standard InChI is InChI=1S/C14H10FN3/c15-14-2-1-12(18-8-7-17-10-18)9-13(14)11-3-5-16-6-4-11/h1-10H. The van der Waals surface area contributed by atoms with Crippen molar-refractivity contribution in [2.24, 2.45) is 0 Å². The molecule has 0 aliphatic rings. The van der Waals surface area contributed by atoms with Crippen molar-refractivity contribution < 1.29 is 4.39 Å². The van der Waals surface area contributed by atoms with Crippen molar-refractivity contribution in [3.05, 3.63) is 67.3 Å². The van der Waals surface area contributed by atoms with E-state index in [2.05, 4.69) is 9.97 Å². The molecule has 0 saturated carbocycles. The Morgan fingerprint density at radius 1 is 0.944 bits per heavy atom. The van der Waals surface area contributed by atoms with Crippen LogP contribution < -0.4 is 0 Å². The molecule has 2 aromatic heterocycles. The topological polar surface area (TPSA) is 30.7 Å². The summed E-state index contributed by atoms with van der Waals surface area (Å²) in [5.41, 5.74) is 2.24. The van der Waals surface area contributed by atoms with Crippen LogP contribution in [0.15, 0.2) is 61.4 Å². The van der Waals surface area contributed by atoms with Gasteiger partial charge in [0.05, 0.1) is 6.33 Å². The summed E-state index contributed by atoms with van der Waals surface area (Å²) in [6.07, 6.45) is 8.50. The fourth-order valence-electron chi connectivity index (χ4n) is 1.84. The minimum Gasteiger partial charge on any atom is -0.306 e. The maximum absolute atomic E-state index is 13.9. The third-order valence-electron chi connectivity index (χ3n) is 2.74. The molecule has 0 atom stereocenters. The number of rotatable bonds is 2. The fraction of sp³-hybridized carbons (Fsp3) is 0. The molecule has 88 valence electrons. The lowest BCUT2D eigenvalue weighted by atomic mass is 10.1. The van der Waals surface area contributed by atoms with Gasteiger partial charge in [0.2, 0.25) is 0 Å². The quantitative estimate of drug-likeness (QED) is 0.688. The predicted octanol–water partition coefficient (Wildman–Crippen LogP) is 3.07. The summed E-state index contributed by atoms with van der Waals surface area (Å²) in [7, 11) is 0. The van der Waals surface area contributed by atoms with Crippen LogP contribution in [0, 0.1) is 5.82 Å². The van der Waals surface area contributed by atoms with E-state index in [0.717, 1.165) is 11.3 Å². The molecule has 3 nitrogen and oxygen atoms in total. The number of nitrogens with zero attached hydrogens (tertiary/aromatic N) is 3. The minimum absolute atomic E-state index is 0.245. The Morgan fingerprint density at radius 3 is 2.50 bits per heavy atom. The molecule has 0 fully saturated rings. The Labute approximate surface area is 104 Å². The first-order valence-corrected chi connectivity index (χ1v) is 5.53. The van der Waals surface area contributed by atoms with Gasteiger partial charge in [0.25, 0.3) is 0 Å². The van der Waals surface area contributed by atoms with E-state index in [-0.39, 0.29) is 5.82 Å². The average molecular weight is 239 g/mol. The third kappa shape index (κ3) is 1.88. The molecule has 0 N–H and O–H groups in total. The molecule has 3 rings (SSSR count). The van der Waals surface area contributed by atoms with Gasteiger partial charge in [0, 0.05) is 36.0 Å². The highest BCUT2D eigenvalue weighted by atomic mass is 19.1. The van der Waals surface area contributed by atoms with Crippen LogP contribution in [0.2, 0.25) is 0 Å². The van der Waals surface area contributed by atoms with E-state index in [4.69, 9.17) is 0 Å². The maximum Gasteiger partial charge on any atom is 0.131 e. The predicted molar refractivity (Wildman–Crippen MR) is 66.8 cm³/mol. The molecular formula is C14H10FN3. The van der Waals surface area contributed by atoms with Gasteiger partial charge >= 0.3 is 0 Å². The molecule has 18 heavy (non-hydrogen) atoms. The van der Waals surface area contributed by atoms with Crippen LogP contribution >= 0.6 is 0 Å². The fourth-order valence-corrected chi connectivity index (χ4v) is 1.84. The van der Waals surface area contributed by atoms with Gasteiger partial charge in [-0.15, -0.1) is 0 Å².